The van der Waals surface area contributed by atoms with Gasteiger partial charge in [0.25, 0.3) is 11.8 Å². The fourth-order valence-electron chi connectivity index (χ4n) is 4.46. The number of nitrogens with one attached hydrogen (secondary N) is 1. The van der Waals surface area contributed by atoms with Crippen molar-refractivity contribution in [2.75, 3.05) is 25.6 Å². The van der Waals surface area contributed by atoms with Gasteiger partial charge in [-0.25, -0.2) is 9.40 Å². The number of thioether (sulfide) groups is 1. The third-order valence-corrected chi connectivity index (χ3v) is 7.77. The Bertz CT molecular complexity index is 1650. The molecule has 1 aliphatic heterocycles. The Morgan fingerprint density at radius 3 is 2.44 bits per heavy atom. The minimum atomic E-state index is -0.739. The quantitative estimate of drug-likeness (QED) is 0.224. The van der Waals surface area contributed by atoms with Gasteiger partial charge >= 0.3 is 0 Å². The van der Waals surface area contributed by atoms with Gasteiger partial charge in [-0.1, -0.05) is 48.2 Å². The van der Waals surface area contributed by atoms with Crippen molar-refractivity contribution >= 4 is 34.3 Å². The van der Waals surface area contributed by atoms with E-state index in [0.29, 0.717) is 34.0 Å². The topological polar surface area (TPSA) is 121 Å². The molecule has 0 bridgehead atoms. The maximum absolute atomic E-state index is 13.7. The summed E-state index contributed by atoms with van der Waals surface area (Å²) in [4.78, 5) is 26.3. The molecular weight excluding hydrogens is 573 g/mol. The molecule has 0 spiro atoms. The molecule has 5 rings (SSSR count). The third-order valence-electron chi connectivity index (χ3n) is 6.55. The molecule has 43 heavy (non-hydrogen) atoms. The Balaban J connectivity index is 1.40. The van der Waals surface area contributed by atoms with Crippen molar-refractivity contribution in [3.05, 3.63) is 119 Å². The highest BCUT2D eigenvalue weighted by Gasteiger charge is 2.37. The van der Waals surface area contributed by atoms with Gasteiger partial charge in [0.15, 0.2) is 18.1 Å². The maximum Gasteiger partial charge on any atom is 0.279 e. The van der Waals surface area contributed by atoms with E-state index in [2.05, 4.69) is 10.4 Å². The molecule has 1 atom stereocenters. The van der Waals surface area contributed by atoms with Crippen LogP contribution in [0.25, 0.3) is 0 Å². The molecule has 0 saturated carbocycles. The first-order valence-electron chi connectivity index (χ1n) is 13.3. The Morgan fingerprint density at radius 2 is 1.74 bits per heavy atom. The number of aliphatic hydroxyl groups is 1. The number of phenolic OH excluding ortho intramolecular Hbond substituents is 1. The third kappa shape index (κ3) is 6.79. The lowest BCUT2D eigenvalue weighted by Crippen LogP contribution is -2.26. The van der Waals surface area contributed by atoms with Crippen LogP contribution < -0.4 is 14.8 Å². The van der Waals surface area contributed by atoms with E-state index in [-0.39, 0.29) is 30.3 Å². The fourth-order valence-corrected chi connectivity index (χ4v) is 5.63. The van der Waals surface area contributed by atoms with Gasteiger partial charge in [-0.2, -0.15) is 5.10 Å². The standard InChI is InChI=1S/C32H28FN3O6S/c1-41-29-25(6-4-8-27(29)42-19-28(39)34-23-15-9-20(10-16-23)17-18-37)32-36(31(40)24-5-2-3-7-26(24)38)35-30(43-32)21-11-13-22(33)14-12-21/h2-16,32,37-38H,17-19H2,1H3,(H,34,39). The number of para-hydroxylation sites is 2. The molecule has 2 amide bonds. The average molecular weight is 602 g/mol. The van der Waals surface area contributed by atoms with Crippen molar-refractivity contribution in [3.8, 4) is 17.2 Å². The summed E-state index contributed by atoms with van der Waals surface area (Å²) >= 11 is 1.25. The number of aliphatic hydroxyl groups excluding tert-OH is 1. The molecule has 0 aromatic heterocycles. The number of anilines is 1. The molecule has 220 valence electrons. The number of methoxy groups -OCH3 is 1. The summed E-state index contributed by atoms with van der Waals surface area (Å²) in [7, 11) is 1.45. The number of aromatic hydroxyl groups is 1. The number of hydrazone groups is 1. The maximum atomic E-state index is 13.7. The Labute approximate surface area is 251 Å². The van der Waals surface area contributed by atoms with Crippen molar-refractivity contribution < 1.29 is 33.7 Å². The summed E-state index contributed by atoms with van der Waals surface area (Å²) in [6.07, 6.45) is 0.527. The number of hydrogen-bond donors (Lipinski definition) is 3. The van der Waals surface area contributed by atoms with Crippen LogP contribution >= 0.6 is 11.8 Å². The summed E-state index contributed by atoms with van der Waals surface area (Å²) in [5.41, 5.74) is 2.74. The number of benzene rings is 4. The van der Waals surface area contributed by atoms with E-state index < -0.39 is 23.0 Å². The zero-order valence-electron chi connectivity index (χ0n) is 23.1. The van der Waals surface area contributed by atoms with E-state index in [0.717, 1.165) is 5.56 Å². The van der Waals surface area contributed by atoms with E-state index in [4.69, 9.17) is 14.6 Å². The fraction of sp³-hybridized carbons (Fsp3) is 0.156. The van der Waals surface area contributed by atoms with Gasteiger partial charge in [0, 0.05) is 23.4 Å². The van der Waals surface area contributed by atoms with Crippen LogP contribution in [-0.2, 0) is 11.2 Å². The van der Waals surface area contributed by atoms with Crippen LogP contribution in [0.1, 0.15) is 32.4 Å². The minimum Gasteiger partial charge on any atom is -0.507 e. The van der Waals surface area contributed by atoms with E-state index in [1.54, 1.807) is 54.6 Å². The number of carbonyl (C=O) groups is 2. The van der Waals surface area contributed by atoms with Gasteiger partial charge in [-0.05, 0) is 66.6 Å². The molecular formula is C32H28FN3O6S. The van der Waals surface area contributed by atoms with Crippen molar-refractivity contribution in [1.29, 1.82) is 0 Å². The van der Waals surface area contributed by atoms with E-state index in [9.17, 15) is 19.1 Å². The van der Waals surface area contributed by atoms with Crippen LogP contribution in [0.5, 0.6) is 17.2 Å². The number of amides is 2. The second-order valence-electron chi connectivity index (χ2n) is 9.44. The predicted octanol–water partition coefficient (Wildman–Crippen LogP) is 5.34. The highest BCUT2D eigenvalue weighted by atomic mass is 32.2. The molecule has 11 heteroatoms. The molecule has 1 unspecified atom stereocenters. The van der Waals surface area contributed by atoms with Crippen LogP contribution in [-0.4, -0.2) is 52.4 Å². The van der Waals surface area contributed by atoms with Crippen LogP contribution in [0.3, 0.4) is 0 Å². The molecule has 4 aromatic carbocycles. The smallest absolute Gasteiger partial charge is 0.279 e. The number of ether oxygens (including phenoxy) is 2. The van der Waals surface area contributed by atoms with E-state index >= 15 is 0 Å². The molecule has 0 aliphatic carbocycles. The summed E-state index contributed by atoms with van der Waals surface area (Å²) < 4.78 is 25.2. The number of hydrogen-bond acceptors (Lipinski definition) is 8. The molecule has 3 N–H and O–H groups in total. The lowest BCUT2D eigenvalue weighted by molar-refractivity contribution is -0.118. The van der Waals surface area contributed by atoms with Crippen molar-refractivity contribution in [2.45, 2.75) is 11.8 Å². The summed E-state index contributed by atoms with van der Waals surface area (Å²) in [5.74, 6) is -0.965. The number of phenols is 1. The van der Waals surface area contributed by atoms with Crippen LogP contribution in [0, 0.1) is 5.82 Å². The highest BCUT2D eigenvalue weighted by molar-refractivity contribution is 8.14. The number of rotatable bonds is 10. The SMILES string of the molecule is COc1c(OCC(=O)Nc2ccc(CCO)cc2)cccc1C1SC(c2ccc(F)cc2)=NN1C(=O)c1ccccc1O. The van der Waals surface area contributed by atoms with Crippen LogP contribution in [0.2, 0.25) is 0 Å². The normalized spacial score (nSPS) is 14.3. The number of halogens is 1. The predicted molar refractivity (Wildman–Crippen MR) is 162 cm³/mol. The van der Waals surface area contributed by atoms with Gasteiger partial charge < -0.3 is 25.0 Å². The zero-order valence-corrected chi connectivity index (χ0v) is 23.9. The van der Waals surface area contributed by atoms with Crippen molar-refractivity contribution in [3.63, 3.8) is 0 Å². The largest absolute Gasteiger partial charge is 0.507 e. The van der Waals surface area contributed by atoms with Gasteiger partial charge in [0.1, 0.15) is 22.0 Å². The first kappa shape index (κ1) is 29.6. The van der Waals surface area contributed by atoms with Gasteiger partial charge in [0.2, 0.25) is 0 Å². The van der Waals surface area contributed by atoms with Crippen molar-refractivity contribution in [1.82, 2.24) is 5.01 Å². The Kier molecular flexibility index (Phi) is 9.23. The lowest BCUT2D eigenvalue weighted by Gasteiger charge is -2.24. The number of carbonyl (C=O) groups excluding carboxylic acids is 2. The molecule has 1 aliphatic rings. The van der Waals surface area contributed by atoms with Gasteiger partial charge in [-0.15, -0.1) is 0 Å². The zero-order chi connectivity index (χ0) is 30.3. The van der Waals surface area contributed by atoms with Gasteiger partial charge in [0.05, 0.1) is 12.7 Å². The molecule has 0 radical (unpaired) electrons. The highest BCUT2D eigenvalue weighted by Crippen LogP contribution is 2.47. The number of nitrogens with zero attached hydrogens (tertiary/aromatic N) is 2. The second kappa shape index (κ2) is 13.4. The monoisotopic (exact) mass is 601 g/mol. The second-order valence-corrected chi connectivity index (χ2v) is 10.5. The molecule has 0 fully saturated rings. The minimum absolute atomic E-state index is 0.0418. The first-order chi connectivity index (χ1) is 20.9. The lowest BCUT2D eigenvalue weighted by atomic mass is 10.1. The van der Waals surface area contributed by atoms with Gasteiger partial charge in [-0.3, -0.25) is 9.59 Å². The van der Waals surface area contributed by atoms with Crippen molar-refractivity contribution in [2.24, 2.45) is 5.10 Å². The summed E-state index contributed by atoms with van der Waals surface area (Å²) in [6, 6.07) is 24.2. The van der Waals surface area contributed by atoms with E-state index in [1.165, 1.54) is 48.1 Å². The summed E-state index contributed by atoms with van der Waals surface area (Å²) in [6.45, 7) is -0.270. The van der Waals surface area contributed by atoms with Crippen LogP contribution in [0.4, 0.5) is 10.1 Å². The Hall–Kier alpha value is -4.87. The van der Waals surface area contributed by atoms with E-state index in [1.807, 2.05) is 12.1 Å². The summed E-state index contributed by atoms with van der Waals surface area (Å²) in [5, 5.41) is 27.8. The molecule has 1 heterocycles. The Morgan fingerprint density at radius 1 is 1.00 bits per heavy atom. The van der Waals surface area contributed by atoms with Crippen LogP contribution in [0.15, 0.2) is 96.1 Å². The molecule has 4 aromatic rings. The molecule has 9 nitrogen and oxygen atoms in total. The molecule has 0 saturated heterocycles. The first-order valence-corrected chi connectivity index (χ1v) is 14.2. The average Bonchev–Trinajstić information content (AvgIpc) is 3.46.